The number of nitrogens with zero attached hydrogens (tertiary/aromatic N) is 2. The van der Waals surface area contributed by atoms with Gasteiger partial charge in [-0.3, -0.25) is 10.1 Å². The van der Waals surface area contributed by atoms with Crippen molar-refractivity contribution < 1.29 is 9.21 Å². The highest BCUT2D eigenvalue weighted by atomic mass is 16.4. The summed E-state index contributed by atoms with van der Waals surface area (Å²) in [6.45, 7) is 3.52. The molecule has 1 saturated carbocycles. The van der Waals surface area contributed by atoms with Gasteiger partial charge in [-0.2, -0.15) is 0 Å². The van der Waals surface area contributed by atoms with Gasteiger partial charge in [0.1, 0.15) is 0 Å². The summed E-state index contributed by atoms with van der Waals surface area (Å²) < 4.78 is 5.41. The van der Waals surface area contributed by atoms with Gasteiger partial charge >= 0.3 is 6.01 Å². The van der Waals surface area contributed by atoms with Crippen LogP contribution in [0.25, 0.3) is 0 Å². The SMILES string of the molecule is CC1(C(=O)Nc2nnc(C3CC3)o2)CCNC1. The van der Waals surface area contributed by atoms with Gasteiger partial charge in [-0.15, -0.1) is 5.10 Å². The van der Waals surface area contributed by atoms with E-state index >= 15 is 0 Å². The smallest absolute Gasteiger partial charge is 0.322 e. The molecule has 6 heteroatoms. The van der Waals surface area contributed by atoms with Crippen molar-refractivity contribution in [2.45, 2.75) is 32.1 Å². The molecule has 6 nitrogen and oxygen atoms in total. The summed E-state index contributed by atoms with van der Waals surface area (Å²) in [7, 11) is 0. The maximum Gasteiger partial charge on any atom is 0.322 e. The Hall–Kier alpha value is -1.43. The summed E-state index contributed by atoms with van der Waals surface area (Å²) in [5.74, 6) is 1.01. The minimum absolute atomic E-state index is 0.0477. The third-order valence-electron chi connectivity index (χ3n) is 3.50. The second-order valence-corrected chi connectivity index (χ2v) is 5.16. The second-order valence-electron chi connectivity index (χ2n) is 5.16. The molecule has 0 bridgehead atoms. The number of amides is 1. The standard InChI is InChI=1S/C11H16N4O2/c1-11(4-5-12-6-11)9(16)13-10-15-14-8(17-10)7-2-3-7/h7,12H,2-6H2,1H3,(H,13,15,16). The number of nitrogens with one attached hydrogen (secondary N) is 2. The lowest BCUT2D eigenvalue weighted by atomic mass is 9.89. The molecule has 1 aromatic rings. The number of hydrogen-bond donors (Lipinski definition) is 2. The van der Waals surface area contributed by atoms with Gasteiger partial charge in [-0.25, -0.2) is 0 Å². The van der Waals surface area contributed by atoms with Crippen molar-refractivity contribution in [1.82, 2.24) is 15.5 Å². The molecular formula is C11H16N4O2. The van der Waals surface area contributed by atoms with Crippen molar-refractivity contribution in [3.8, 4) is 0 Å². The van der Waals surface area contributed by atoms with Crippen LogP contribution in [0.4, 0.5) is 6.01 Å². The highest BCUT2D eigenvalue weighted by Crippen LogP contribution is 2.39. The van der Waals surface area contributed by atoms with E-state index in [0.717, 1.165) is 25.8 Å². The Balaban J connectivity index is 1.66. The summed E-state index contributed by atoms with van der Waals surface area (Å²) in [5.41, 5.74) is -0.367. The molecule has 1 aliphatic heterocycles. The molecule has 0 radical (unpaired) electrons. The van der Waals surface area contributed by atoms with Crippen molar-refractivity contribution in [1.29, 1.82) is 0 Å². The fourth-order valence-electron chi connectivity index (χ4n) is 2.04. The summed E-state index contributed by atoms with van der Waals surface area (Å²) in [4.78, 5) is 12.1. The molecule has 0 aromatic carbocycles. The molecule has 1 unspecified atom stereocenters. The first-order valence-electron chi connectivity index (χ1n) is 6.03. The van der Waals surface area contributed by atoms with Crippen LogP contribution in [0.15, 0.2) is 4.42 Å². The predicted octanol–water partition coefficient (Wildman–Crippen LogP) is 0.885. The lowest BCUT2D eigenvalue weighted by molar-refractivity contribution is -0.123. The van der Waals surface area contributed by atoms with Crippen LogP contribution < -0.4 is 10.6 Å². The molecule has 1 aromatic heterocycles. The monoisotopic (exact) mass is 236 g/mol. The fraction of sp³-hybridized carbons (Fsp3) is 0.727. The van der Waals surface area contributed by atoms with Crippen molar-refractivity contribution in [3.63, 3.8) is 0 Å². The van der Waals surface area contributed by atoms with Gasteiger partial charge in [0.05, 0.1) is 5.41 Å². The van der Waals surface area contributed by atoms with E-state index < -0.39 is 0 Å². The van der Waals surface area contributed by atoms with Crippen LogP contribution in [-0.4, -0.2) is 29.2 Å². The van der Waals surface area contributed by atoms with Crippen LogP contribution in [0.5, 0.6) is 0 Å². The highest BCUT2D eigenvalue weighted by molar-refractivity contribution is 5.93. The van der Waals surface area contributed by atoms with E-state index in [0.29, 0.717) is 18.4 Å². The van der Waals surface area contributed by atoms with Gasteiger partial charge < -0.3 is 9.73 Å². The van der Waals surface area contributed by atoms with Crippen LogP contribution in [0.2, 0.25) is 0 Å². The maximum absolute atomic E-state index is 12.1. The highest BCUT2D eigenvalue weighted by Gasteiger charge is 2.37. The van der Waals surface area contributed by atoms with Crippen molar-refractivity contribution in [2.75, 3.05) is 18.4 Å². The number of hydrogen-bond acceptors (Lipinski definition) is 5. The summed E-state index contributed by atoms with van der Waals surface area (Å²) in [6.07, 6.45) is 3.05. The van der Waals surface area contributed by atoms with Crippen LogP contribution in [0.1, 0.15) is 38.0 Å². The molecule has 17 heavy (non-hydrogen) atoms. The summed E-state index contributed by atoms with van der Waals surface area (Å²) >= 11 is 0. The predicted molar refractivity (Wildman–Crippen MR) is 60.5 cm³/mol. The second kappa shape index (κ2) is 3.80. The molecule has 2 heterocycles. The Bertz CT molecular complexity index is 432. The fourth-order valence-corrected chi connectivity index (χ4v) is 2.04. The van der Waals surface area contributed by atoms with Crippen LogP contribution >= 0.6 is 0 Å². The van der Waals surface area contributed by atoms with E-state index in [1.165, 1.54) is 0 Å². The number of carbonyl (C=O) groups excluding carboxylic acids is 1. The quantitative estimate of drug-likeness (QED) is 0.814. The van der Waals surface area contributed by atoms with E-state index in [1.807, 2.05) is 6.92 Å². The van der Waals surface area contributed by atoms with Crippen molar-refractivity contribution >= 4 is 11.9 Å². The zero-order valence-corrected chi connectivity index (χ0v) is 9.82. The molecule has 2 aliphatic rings. The molecule has 0 spiro atoms. The Labute approximate surface area is 99.2 Å². The van der Waals surface area contributed by atoms with Gasteiger partial charge in [-0.1, -0.05) is 5.10 Å². The van der Waals surface area contributed by atoms with Crippen molar-refractivity contribution in [3.05, 3.63) is 5.89 Å². The van der Waals surface area contributed by atoms with E-state index in [-0.39, 0.29) is 17.3 Å². The van der Waals surface area contributed by atoms with Gasteiger partial charge in [0, 0.05) is 12.5 Å². The van der Waals surface area contributed by atoms with E-state index in [1.54, 1.807) is 0 Å². The third-order valence-corrected chi connectivity index (χ3v) is 3.50. The number of rotatable bonds is 3. The number of carbonyl (C=O) groups is 1. The minimum Gasteiger partial charge on any atom is -0.408 e. The van der Waals surface area contributed by atoms with Gasteiger partial charge in [-0.05, 0) is 32.7 Å². The third kappa shape index (κ3) is 2.04. The maximum atomic E-state index is 12.1. The largest absolute Gasteiger partial charge is 0.408 e. The van der Waals surface area contributed by atoms with Crippen LogP contribution in [-0.2, 0) is 4.79 Å². The Morgan fingerprint density at radius 2 is 2.35 bits per heavy atom. The topological polar surface area (TPSA) is 80.1 Å². The lowest BCUT2D eigenvalue weighted by Crippen LogP contribution is -2.35. The molecule has 1 aliphatic carbocycles. The molecule has 92 valence electrons. The van der Waals surface area contributed by atoms with E-state index in [4.69, 9.17) is 4.42 Å². The molecule has 3 rings (SSSR count). The van der Waals surface area contributed by atoms with Crippen LogP contribution in [0, 0.1) is 5.41 Å². The van der Waals surface area contributed by atoms with Gasteiger partial charge in [0.25, 0.3) is 0 Å². The first-order valence-corrected chi connectivity index (χ1v) is 6.03. The Morgan fingerprint density at radius 1 is 1.53 bits per heavy atom. The zero-order chi connectivity index (χ0) is 11.9. The van der Waals surface area contributed by atoms with Crippen LogP contribution in [0.3, 0.4) is 0 Å². The molecule has 2 fully saturated rings. The summed E-state index contributed by atoms with van der Waals surface area (Å²) in [5, 5.41) is 13.7. The lowest BCUT2D eigenvalue weighted by Gasteiger charge is -2.19. The number of anilines is 1. The molecule has 1 saturated heterocycles. The molecule has 1 amide bonds. The van der Waals surface area contributed by atoms with E-state index in [2.05, 4.69) is 20.8 Å². The Kier molecular flexibility index (Phi) is 2.39. The van der Waals surface area contributed by atoms with Crippen molar-refractivity contribution in [2.24, 2.45) is 5.41 Å². The number of aromatic nitrogens is 2. The average molecular weight is 236 g/mol. The molecule has 2 N–H and O–H groups in total. The van der Waals surface area contributed by atoms with Gasteiger partial charge in [0.15, 0.2) is 0 Å². The minimum atomic E-state index is -0.367. The average Bonchev–Trinajstić information content (AvgIpc) is 2.89. The Morgan fingerprint density at radius 3 is 3.00 bits per heavy atom. The van der Waals surface area contributed by atoms with Gasteiger partial charge in [0.2, 0.25) is 11.8 Å². The van der Waals surface area contributed by atoms with E-state index in [9.17, 15) is 4.79 Å². The zero-order valence-electron chi connectivity index (χ0n) is 9.82. The molecular weight excluding hydrogens is 220 g/mol. The normalized spacial score (nSPS) is 28.3. The first kappa shape index (κ1) is 10.7. The first-order chi connectivity index (χ1) is 8.17. The summed E-state index contributed by atoms with van der Waals surface area (Å²) in [6, 6.07) is 0.227. The molecule has 1 atom stereocenters.